The Kier molecular flexibility index (Phi) is 10.2. The average Bonchev–Trinajstić information content (AvgIpc) is 2.50. The Morgan fingerprint density at radius 1 is 0.808 bits per heavy atom. The van der Waals surface area contributed by atoms with Gasteiger partial charge in [0.05, 0.1) is 24.0 Å². The van der Waals surface area contributed by atoms with E-state index in [1.54, 1.807) is 67.8 Å². The summed E-state index contributed by atoms with van der Waals surface area (Å²) in [5, 5.41) is -1.71. The quantitative estimate of drug-likeness (QED) is 0.315. The van der Waals surface area contributed by atoms with Gasteiger partial charge < -0.3 is 9.47 Å². The fourth-order valence-corrected chi connectivity index (χ4v) is 7.60. The number of rotatable bonds is 7. The summed E-state index contributed by atoms with van der Waals surface area (Å²) in [7, 11) is 2.59. The van der Waals surface area contributed by atoms with Crippen LogP contribution in [0.25, 0.3) is 0 Å². The zero-order chi connectivity index (χ0) is 20.2. The number of carbonyl (C=O) groups is 4. The summed E-state index contributed by atoms with van der Waals surface area (Å²) < 4.78 is 10.3. The van der Waals surface area contributed by atoms with Gasteiger partial charge in [0.15, 0.2) is 0 Å². The summed E-state index contributed by atoms with van der Waals surface area (Å²) in [5.74, 6) is -1.40. The number of ether oxygens (including phenoxy) is 2. The third kappa shape index (κ3) is 5.26. The lowest BCUT2D eigenvalue weighted by Gasteiger charge is -2.25. The minimum atomic E-state index is -0.853. The third-order valence-electron chi connectivity index (χ3n) is 2.94. The van der Waals surface area contributed by atoms with Gasteiger partial charge in [-0.15, -0.1) is 0 Å². The Balaban J connectivity index is 3.91. The molecule has 0 heterocycles. The lowest BCUT2D eigenvalue weighted by molar-refractivity contribution is -0.130. The molecule has 0 radical (unpaired) electrons. The molecule has 142 valence electrons. The van der Waals surface area contributed by atoms with E-state index in [1.165, 1.54) is 14.2 Å². The molecule has 26 heavy (non-hydrogen) atoms. The van der Waals surface area contributed by atoms with Gasteiger partial charge in [-0.2, -0.15) is 0 Å². The van der Waals surface area contributed by atoms with Gasteiger partial charge >= 0.3 is 0 Å². The first-order valence-electron chi connectivity index (χ1n) is 6.53. The molecular formula is C14H10Cl2I3NO6. The molecule has 0 fully saturated rings. The summed E-state index contributed by atoms with van der Waals surface area (Å²) >= 11 is 16.7. The molecule has 1 aromatic carbocycles. The fourth-order valence-electron chi connectivity index (χ4n) is 1.96. The molecule has 2 amide bonds. The van der Waals surface area contributed by atoms with E-state index in [2.05, 4.69) is 0 Å². The Hall–Kier alpha value is 0.390. The van der Waals surface area contributed by atoms with Crippen LogP contribution in [0.5, 0.6) is 0 Å². The zero-order valence-electron chi connectivity index (χ0n) is 13.2. The first-order chi connectivity index (χ1) is 12.1. The highest BCUT2D eigenvalue weighted by molar-refractivity contribution is 14.1. The second-order valence-corrected chi connectivity index (χ2v) is 8.50. The smallest absolute Gasteiger partial charge is 0.259 e. The van der Waals surface area contributed by atoms with E-state index >= 15 is 0 Å². The van der Waals surface area contributed by atoms with Crippen LogP contribution in [-0.2, 0) is 19.1 Å². The summed E-state index contributed by atoms with van der Waals surface area (Å²) in [6.07, 6.45) is 0. The van der Waals surface area contributed by atoms with Crippen molar-refractivity contribution in [3.63, 3.8) is 0 Å². The first kappa shape index (κ1) is 24.4. The van der Waals surface area contributed by atoms with Crippen LogP contribution in [0.1, 0.15) is 20.7 Å². The molecule has 1 rings (SSSR count). The first-order valence-corrected chi connectivity index (χ1v) is 10.5. The number of imide groups is 1. The Morgan fingerprint density at radius 2 is 1.15 bits per heavy atom. The van der Waals surface area contributed by atoms with Crippen molar-refractivity contribution in [2.45, 2.75) is 0 Å². The van der Waals surface area contributed by atoms with Crippen LogP contribution in [-0.4, -0.2) is 49.7 Å². The number of hydrogen-bond acceptors (Lipinski definition) is 6. The van der Waals surface area contributed by atoms with E-state index in [0.29, 0.717) is 0 Å². The van der Waals surface area contributed by atoms with Crippen LogP contribution in [0.2, 0.25) is 0 Å². The maximum absolute atomic E-state index is 12.5. The summed E-state index contributed by atoms with van der Waals surface area (Å²) in [4.78, 5) is 49.6. The maximum Gasteiger partial charge on any atom is 0.259 e. The largest absolute Gasteiger partial charge is 0.375 e. The Labute approximate surface area is 199 Å². The molecule has 1 aromatic rings. The van der Waals surface area contributed by atoms with Crippen LogP contribution in [0.15, 0.2) is 0 Å². The molecule has 0 unspecified atom stereocenters. The van der Waals surface area contributed by atoms with Crippen molar-refractivity contribution in [2.24, 2.45) is 0 Å². The van der Waals surface area contributed by atoms with Crippen molar-refractivity contribution in [3.8, 4) is 0 Å². The summed E-state index contributed by atoms with van der Waals surface area (Å²) in [6, 6.07) is 0. The second-order valence-electron chi connectivity index (χ2n) is 4.58. The highest BCUT2D eigenvalue weighted by atomic mass is 127. The second kappa shape index (κ2) is 10.8. The van der Waals surface area contributed by atoms with Crippen LogP contribution in [0, 0.1) is 10.7 Å². The lowest BCUT2D eigenvalue weighted by Crippen LogP contribution is -2.42. The van der Waals surface area contributed by atoms with E-state index in [0.717, 1.165) is 4.90 Å². The molecule has 0 aliphatic carbocycles. The van der Waals surface area contributed by atoms with Crippen molar-refractivity contribution in [2.75, 3.05) is 32.3 Å². The predicted molar refractivity (Wildman–Crippen MR) is 121 cm³/mol. The highest BCUT2D eigenvalue weighted by Crippen LogP contribution is 2.39. The van der Waals surface area contributed by atoms with Crippen molar-refractivity contribution in [1.82, 2.24) is 0 Å². The van der Waals surface area contributed by atoms with Crippen LogP contribution in [0.3, 0.4) is 0 Å². The molecule has 0 atom stereocenters. The van der Waals surface area contributed by atoms with Gasteiger partial charge in [-0.25, -0.2) is 4.90 Å². The van der Waals surface area contributed by atoms with Crippen molar-refractivity contribution >= 4 is 119 Å². The normalized spacial score (nSPS) is 10.6. The van der Waals surface area contributed by atoms with Gasteiger partial charge in [0.2, 0.25) is 0 Å². The molecule has 0 saturated heterocycles. The highest BCUT2D eigenvalue weighted by Gasteiger charge is 2.33. The van der Waals surface area contributed by atoms with E-state index in [-0.39, 0.29) is 27.5 Å². The molecule has 0 aromatic heterocycles. The number of amides is 2. The number of methoxy groups -OCH3 is 2. The van der Waals surface area contributed by atoms with E-state index in [9.17, 15) is 19.2 Å². The molecule has 0 spiro atoms. The topological polar surface area (TPSA) is 90.0 Å². The van der Waals surface area contributed by atoms with E-state index < -0.39 is 35.5 Å². The predicted octanol–water partition coefficient (Wildman–Crippen LogP) is 3.41. The summed E-state index contributed by atoms with van der Waals surface area (Å²) in [5.41, 5.74) is -0.0100. The van der Waals surface area contributed by atoms with Crippen molar-refractivity contribution in [1.29, 1.82) is 0 Å². The fraction of sp³-hybridized carbons (Fsp3) is 0.286. The zero-order valence-corrected chi connectivity index (χ0v) is 21.2. The Morgan fingerprint density at radius 3 is 1.42 bits per heavy atom. The van der Waals surface area contributed by atoms with Gasteiger partial charge in [-0.3, -0.25) is 19.2 Å². The molecule has 0 bridgehead atoms. The molecule has 7 nitrogen and oxygen atoms in total. The number of halogens is 5. The molecule has 12 heteroatoms. The maximum atomic E-state index is 12.5. The molecule has 0 N–H and O–H groups in total. The number of benzene rings is 1. The van der Waals surface area contributed by atoms with Gasteiger partial charge in [0.25, 0.3) is 22.3 Å². The SMILES string of the molecule is COCC(=O)N(C(=O)COC)c1c(I)c(C(=O)Cl)c(I)c(C(=O)Cl)c1I. The van der Waals surface area contributed by atoms with Crippen LogP contribution >= 0.6 is 91.0 Å². The van der Waals surface area contributed by atoms with Gasteiger partial charge in [0.1, 0.15) is 13.2 Å². The van der Waals surface area contributed by atoms with Crippen molar-refractivity contribution in [3.05, 3.63) is 21.8 Å². The third-order valence-corrected chi connectivity index (χ3v) is 6.50. The number of nitrogens with zero attached hydrogens (tertiary/aromatic N) is 1. The summed E-state index contributed by atoms with van der Waals surface area (Å²) in [6.45, 7) is -0.802. The minimum Gasteiger partial charge on any atom is -0.375 e. The van der Waals surface area contributed by atoms with Gasteiger partial charge in [-0.05, 0) is 91.0 Å². The average molecular weight is 740 g/mol. The van der Waals surface area contributed by atoms with E-state index in [1.807, 2.05) is 0 Å². The Bertz CT molecular complexity index is 727. The molecule has 0 aliphatic heterocycles. The van der Waals surface area contributed by atoms with Crippen LogP contribution in [0.4, 0.5) is 5.69 Å². The number of carbonyl (C=O) groups excluding carboxylic acids is 4. The van der Waals surface area contributed by atoms with Crippen molar-refractivity contribution < 1.29 is 28.7 Å². The van der Waals surface area contributed by atoms with E-state index in [4.69, 9.17) is 32.7 Å². The van der Waals surface area contributed by atoms with Gasteiger partial charge in [0, 0.05) is 17.8 Å². The minimum absolute atomic E-state index is 0.0206. The standard InChI is InChI=1S/C14H10Cl2I3NO6/c1-25-3-5(21)20(6(22)4-26-2)12-10(18)7(13(15)23)9(17)8(11(12)19)14(16)24/h3-4H2,1-2H3. The lowest BCUT2D eigenvalue weighted by atomic mass is 10.1. The number of anilines is 1. The monoisotopic (exact) mass is 739 g/mol. The van der Waals surface area contributed by atoms with Gasteiger partial charge in [-0.1, -0.05) is 0 Å². The van der Waals surface area contributed by atoms with Crippen LogP contribution < -0.4 is 4.90 Å². The number of hydrogen-bond donors (Lipinski definition) is 0. The molecular weight excluding hydrogens is 730 g/mol. The molecule has 0 aliphatic rings. The molecule has 0 saturated carbocycles.